The standard InChI is InChI=1S/C13H9NOS/c14-13(15)12-7-10-9-4-2-1-3-8(9)5-6-11(10)16-12/h1-7H,(H2,14,15). The van der Waals surface area contributed by atoms with Gasteiger partial charge in [0.2, 0.25) is 0 Å². The maximum Gasteiger partial charge on any atom is 0.258 e. The number of carbonyl (C=O) groups is 1. The summed E-state index contributed by atoms with van der Waals surface area (Å²) in [7, 11) is 0. The predicted molar refractivity (Wildman–Crippen MR) is 67.8 cm³/mol. The third-order valence-electron chi connectivity index (χ3n) is 2.67. The first-order valence-corrected chi connectivity index (χ1v) is 5.78. The summed E-state index contributed by atoms with van der Waals surface area (Å²) in [6.07, 6.45) is 0. The maximum absolute atomic E-state index is 11.1. The van der Waals surface area contributed by atoms with Gasteiger partial charge in [0.25, 0.3) is 5.91 Å². The van der Waals surface area contributed by atoms with Crippen LogP contribution in [0.4, 0.5) is 0 Å². The molecule has 2 aromatic carbocycles. The van der Waals surface area contributed by atoms with Gasteiger partial charge in [-0.3, -0.25) is 4.79 Å². The van der Waals surface area contributed by atoms with E-state index in [1.54, 1.807) is 0 Å². The van der Waals surface area contributed by atoms with Crippen LogP contribution >= 0.6 is 11.3 Å². The van der Waals surface area contributed by atoms with Crippen LogP contribution in [0.25, 0.3) is 20.9 Å². The molecular formula is C13H9NOS. The molecule has 0 atom stereocenters. The lowest BCUT2D eigenvalue weighted by molar-refractivity contribution is 0.100. The van der Waals surface area contributed by atoms with E-state index in [2.05, 4.69) is 18.2 Å². The third kappa shape index (κ3) is 1.29. The first-order valence-electron chi connectivity index (χ1n) is 4.97. The molecule has 78 valence electrons. The van der Waals surface area contributed by atoms with Crippen LogP contribution in [-0.2, 0) is 0 Å². The largest absolute Gasteiger partial charge is 0.365 e. The smallest absolute Gasteiger partial charge is 0.258 e. The number of rotatable bonds is 1. The van der Waals surface area contributed by atoms with E-state index in [-0.39, 0.29) is 5.91 Å². The average Bonchev–Trinajstić information content (AvgIpc) is 2.73. The molecule has 2 N–H and O–H groups in total. The summed E-state index contributed by atoms with van der Waals surface area (Å²) in [5, 5.41) is 3.46. The van der Waals surface area contributed by atoms with Gasteiger partial charge in [-0.2, -0.15) is 0 Å². The molecule has 0 spiro atoms. The molecule has 0 unspecified atom stereocenters. The molecule has 3 heteroatoms. The molecular weight excluding hydrogens is 218 g/mol. The normalized spacial score (nSPS) is 11.0. The van der Waals surface area contributed by atoms with Gasteiger partial charge in [0.15, 0.2) is 0 Å². The van der Waals surface area contributed by atoms with Crippen LogP contribution < -0.4 is 5.73 Å². The topological polar surface area (TPSA) is 43.1 Å². The maximum atomic E-state index is 11.1. The molecule has 0 bridgehead atoms. The molecule has 0 saturated carbocycles. The van der Waals surface area contributed by atoms with Crippen molar-refractivity contribution in [2.45, 2.75) is 0 Å². The van der Waals surface area contributed by atoms with Crippen molar-refractivity contribution < 1.29 is 4.79 Å². The Morgan fingerprint density at radius 3 is 2.69 bits per heavy atom. The predicted octanol–water partition coefficient (Wildman–Crippen LogP) is 3.15. The van der Waals surface area contributed by atoms with E-state index in [1.807, 2.05) is 24.3 Å². The van der Waals surface area contributed by atoms with Gasteiger partial charge in [-0.05, 0) is 22.9 Å². The first kappa shape index (κ1) is 9.36. The molecule has 0 aliphatic heterocycles. The van der Waals surface area contributed by atoms with E-state index >= 15 is 0 Å². The van der Waals surface area contributed by atoms with Crippen molar-refractivity contribution in [2.24, 2.45) is 5.73 Å². The zero-order valence-corrected chi connectivity index (χ0v) is 9.25. The van der Waals surface area contributed by atoms with E-state index < -0.39 is 0 Å². The van der Waals surface area contributed by atoms with Gasteiger partial charge in [0.1, 0.15) is 0 Å². The number of fused-ring (bicyclic) bond motifs is 3. The molecule has 0 fully saturated rings. The summed E-state index contributed by atoms with van der Waals surface area (Å²) in [6.45, 7) is 0. The highest BCUT2D eigenvalue weighted by Gasteiger charge is 2.08. The number of amides is 1. The molecule has 1 amide bonds. The van der Waals surface area contributed by atoms with Crippen LogP contribution in [0.2, 0.25) is 0 Å². The lowest BCUT2D eigenvalue weighted by Gasteiger charge is -1.97. The summed E-state index contributed by atoms with van der Waals surface area (Å²) in [4.78, 5) is 11.8. The Hall–Kier alpha value is -1.87. The fraction of sp³-hybridized carbons (Fsp3) is 0. The highest BCUT2D eigenvalue weighted by molar-refractivity contribution is 7.21. The zero-order valence-electron chi connectivity index (χ0n) is 8.44. The molecule has 16 heavy (non-hydrogen) atoms. The van der Waals surface area contributed by atoms with Crippen LogP contribution in [0.3, 0.4) is 0 Å². The Morgan fingerprint density at radius 1 is 1.06 bits per heavy atom. The van der Waals surface area contributed by atoms with Crippen molar-refractivity contribution >= 4 is 38.1 Å². The minimum atomic E-state index is -0.356. The second kappa shape index (κ2) is 3.32. The molecule has 2 nitrogen and oxygen atoms in total. The second-order valence-corrected chi connectivity index (χ2v) is 4.76. The summed E-state index contributed by atoms with van der Waals surface area (Å²) in [6, 6.07) is 14.1. The van der Waals surface area contributed by atoms with Crippen molar-refractivity contribution in [3.8, 4) is 0 Å². The Kier molecular flexibility index (Phi) is 1.94. The van der Waals surface area contributed by atoms with Crippen LogP contribution in [0.1, 0.15) is 9.67 Å². The lowest BCUT2D eigenvalue weighted by atomic mass is 10.1. The van der Waals surface area contributed by atoms with E-state index in [9.17, 15) is 4.79 Å². The monoisotopic (exact) mass is 227 g/mol. The Bertz CT molecular complexity index is 699. The number of primary amides is 1. The van der Waals surface area contributed by atoms with Gasteiger partial charge in [0, 0.05) is 10.1 Å². The van der Waals surface area contributed by atoms with E-state index in [0.29, 0.717) is 4.88 Å². The summed E-state index contributed by atoms with van der Waals surface area (Å²) >= 11 is 1.45. The van der Waals surface area contributed by atoms with E-state index in [0.717, 1.165) is 10.1 Å². The molecule has 3 aromatic rings. The Balaban J connectivity index is 2.46. The Morgan fingerprint density at radius 2 is 1.88 bits per heavy atom. The van der Waals surface area contributed by atoms with Gasteiger partial charge < -0.3 is 5.73 Å². The fourth-order valence-corrected chi connectivity index (χ4v) is 2.84. The highest BCUT2D eigenvalue weighted by Crippen LogP contribution is 2.31. The van der Waals surface area contributed by atoms with Gasteiger partial charge in [-0.15, -0.1) is 11.3 Å². The van der Waals surface area contributed by atoms with Gasteiger partial charge in [-0.25, -0.2) is 0 Å². The molecule has 1 heterocycles. The van der Waals surface area contributed by atoms with Crippen molar-refractivity contribution in [3.05, 3.63) is 47.3 Å². The lowest BCUT2D eigenvalue weighted by Crippen LogP contribution is -2.07. The number of hydrogen-bond donors (Lipinski definition) is 1. The number of hydrogen-bond acceptors (Lipinski definition) is 2. The van der Waals surface area contributed by atoms with Gasteiger partial charge in [0.05, 0.1) is 4.88 Å². The number of carbonyl (C=O) groups excluding carboxylic acids is 1. The third-order valence-corrected chi connectivity index (χ3v) is 3.78. The quantitative estimate of drug-likeness (QED) is 0.681. The summed E-state index contributed by atoms with van der Waals surface area (Å²) in [5.74, 6) is -0.356. The van der Waals surface area contributed by atoms with Crippen LogP contribution in [-0.4, -0.2) is 5.91 Å². The zero-order chi connectivity index (χ0) is 11.1. The minimum absolute atomic E-state index is 0.356. The SMILES string of the molecule is NC(=O)c1cc2c(ccc3ccccc32)s1. The fourth-order valence-electron chi connectivity index (χ4n) is 1.91. The highest BCUT2D eigenvalue weighted by atomic mass is 32.1. The van der Waals surface area contributed by atoms with Crippen LogP contribution in [0.15, 0.2) is 42.5 Å². The average molecular weight is 227 g/mol. The molecule has 0 saturated heterocycles. The summed E-state index contributed by atoms with van der Waals surface area (Å²) < 4.78 is 1.10. The molecule has 0 aliphatic rings. The number of benzene rings is 2. The molecule has 1 aromatic heterocycles. The summed E-state index contributed by atoms with van der Waals surface area (Å²) in [5.41, 5.74) is 5.29. The van der Waals surface area contributed by atoms with Crippen molar-refractivity contribution in [1.29, 1.82) is 0 Å². The van der Waals surface area contributed by atoms with Crippen molar-refractivity contribution in [3.63, 3.8) is 0 Å². The molecule has 0 radical (unpaired) electrons. The van der Waals surface area contributed by atoms with Gasteiger partial charge >= 0.3 is 0 Å². The van der Waals surface area contributed by atoms with Crippen molar-refractivity contribution in [2.75, 3.05) is 0 Å². The van der Waals surface area contributed by atoms with Crippen LogP contribution in [0.5, 0.6) is 0 Å². The minimum Gasteiger partial charge on any atom is -0.365 e. The number of nitrogens with two attached hydrogens (primary N) is 1. The molecule has 3 rings (SSSR count). The van der Waals surface area contributed by atoms with E-state index in [1.165, 1.54) is 22.1 Å². The number of thiophene rings is 1. The van der Waals surface area contributed by atoms with E-state index in [4.69, 9.17) is 5.73 Å². The van der Waals surface area contributed by atoms with Crippen LogP contribution in [0, 0.1) is 0 Å². The Labute approximate surface area is 96.3 Å². The molecule has 0 aliphatic carbocycles. The van der Waals surface area contributed by atoms with Gasteiger partial charge in [-0.1, -0.05) is 30.3 Å². The first-order chi connectivity index (χ1) is 7.75. The second-order valence-electron chi connectivity index (χ2n) is 3.67. The van der Waals surface area contributed by atoms with Crippen molar-refractivity contribution in [1.82, 2.24) is 0 Å².